The largest absolute Gasteiger partial charge is 0.399 e. The zero-order valence-electron chi connectivity index (χ0n) is 25.7. The van der Waals surface area contributed by atoms with Crippen LogP contribution in [0.3, 0.4) is 0 Å². The van der Waals surface area contributed by atoms with Gasteiger partial charge in [0.1, 0.15) is 19.6 Å². The second-order valence-corrected chi connectivity index (χ2v) is 15.7. The molecule has 1 radical (unpaired) electrons. The Morgan fingerprint density at radius 1 is 0.490 bits per heavy atom. The number of hydrogen-bond donors (Lipinski definition) is 8. The van der Waals surface area contributed by atoms with Crippen molar-refractivity contribution in [3.63, 3.8) is 0 Å². The van der Waals surface area contributed by atoms with Crippen molar-refractivity contribution in [1.29, 1.82) is 0 Å². The molecule has 0 unspecified atom stereocenters. The van der Waals surface area contributed by atoms with Crippen LogP contribution in [0.1, 0.15) is 31.8 Å². The Balaban J connectivity index is 0.00000702. The number of nitrogen functional groups attached to an aromatic ring is 2. The first-order chi connectivity index (χ1) is 22.9. The van der Waals surface area contributed by atoms with Gasteiger partial charge in [-0.05, 0) is 71.8 Å². The van der Waals surface area contributed by atoms with Crippen molar-refractivity contribution in [3.05, 3.63) is 95.1 Å². The number of nitrogens with two attached hydrogens (primary N) is 2. The molecule has 0 bridgehead atoms. The van der Waals surface area contributed by atoms with E-state index >= 15 is 0 Å². The van der Waals surface area contributed by atoms with E-state index in [-0.39, 0.29) is 63.4 Å². The second-order valence-electron chi connectivity index (χ2n) is 10.2. The minimum absolute atomic E-state index is 0. The van der Waals surface area contributed by atoms with Gasteiger partial charge in [0.25, 0.3) is 52.3 Å². The molecule has 265 valence electrons. The van der Waals surface area contributed by atoms with Gasteiger partial charge in [-0.15, -0.1) is 0 Å². The van der Waals surface area contributed by atoms with Gasteiger partial charge in [-0.1, -0.05) is 24.3 Å². The summed E-state index contributed by atoms with van der Waals surface area (Å²) in [6.07, 6.45) is 2.03. The first-order valence-corrected chi connectivity index (χ1v) is 19.0. The summed E-state index contributed by atoms with van der Waals surface area (Å²) in [6, 6.07) is 12.0. The summed E-state index contributed by atoms with van der Waals surface area (Å²) in [7, 11) is -19.9. The van der Waals surface area contributed by atoms with Gasteiger partial charge in [-0.2, -0.15) is 33.7 Å². The summed E-state index contributed by atoms with van der Waals surface area (Å²) in [5.41, 5.74) is 8.70. The van der Waals surface area contributed by atoms with Crippen molar-refractivity contribution >= 4 is 117 Å². The van der Waals surface area contributed by atoms with E-state index in [1.54, 1.807) is 0 Å². The molecule has 18 nitrogen and oxygen atoms in total. The zero-order chi connectivity index (χ0) is 37.4. The van der Waals surface area contributed by atoms with Gasteiger partial charge in [-0.25, -0.2) is 0 Å². The normalized spacial score (nSPS) is 12.2. The van der Waals surface area contributed by atoms with E-state index < -0.39 is 83.0 Å². The summed E-state index contributed by atoms with van der Waals surface area (Å²) < 4.78 is 135. The van der Waals surface area contributed by atoms with E-state index in [4.69, 9.17) is 11.5 Å². The average molecular weight is 792 g/mol. The zero-order valence-corrected chi connectivity index (χ0v) is 31.0. The van der Waals surface area contributed by atoms with Crippen LogP contribution in [-0.2, 0) is 40.5 Å². The van der Waals surface area contributed by atoms with Gasteiger partial charge in [0.05, 0.1) is 11.1 Å². The summed E-state index contributed by atoms with van der Waals surface area (Å²) in [4.78, 5) is 22.4. The fourth-order valence-corrected chi connectivity index (χ4v) is 7.27. The number of nitrogens with one attached hydrogen (secondary N) is 2. The van der Waals surface area contributed by atoms with Crippen molar-refractivity contribution < 1.29 is 61.5 Å². The van der Waals surface area contributed by atoms with Crippen LogP contribution in [0.2, 0.25) is 0 Å². The Kier molecular flexibility index (Phi) is 12.3. The van der Waals surface area contributed by atoms with E-state index in [0.717, 1.165) is 72.8 Å². The molecule has 10 N–H and O–H groups in total. The van der Waals surface area contributed by atoms with Gasteiger partial charge in [0, 0.05) is 52.3 Å². The maximum atomic E-state index is 12.8. The first kappa shape index (κ1) is 41.2. The minimum Gasteiger partial charge on any atom is -0.399 e. The smallest absolute Gasteiger partial charge is 0.295 e. The minimum atomic E-state index is -5.04. The van der Waals surface area contributed by atoms with Crippen LogP contribution < -0.4 is 22.1 Å². The summed E-state index contributed by atoms with van der Waals surface area (Å²) in [5.74, 6) is -2.23. The quantitative estimate of drug-likeness (QED) is 0.0493. The third-order valence-electron chi connectivity index (χ3n) is 6.60. The van der Waals surface area contributed by atoms with Crippen molar-refractivity contribution in [2.24, 2.45) is 0 Å². The maximum Gasteiger partial charge on any atom is 0.295 e. The molecule has 0 aliphatic heterocycles. The van der Waals surface area contributed by atoms with Crippen molar-refractivity contribution in [1.82, 2.24) is 0 Å². The molecule has 51 heavy (non-hydrogen) atoms. The molecular weight excluding hydrogens is 768 g/mol. The average Bonchev–Trinajstić information content (AvgIpc) is 2.98. The molecule has 0 heterocycles. The molecule has 0 spiro atoms. The fourth-order valence-electron chi connectivity index (χ4n) is 4.40. The SMILES string of the molecule is Nc1ccc(C(=O)Nc2ccc(/C=C/c3ccc(NC(=O)c4ccc(N)cc4S(=O)(=O)O)cc3S(=O)(=O)O)c(S(=O)(=O)O)c2)c(S(=O)(=O)O)c1.[Na]. The molecule has 0 aliphatic carbocycles. The summed E-state index contributed by atoms with van der Waals surface area (Å²) in [6.45, 7) is 0. The fraction of sp³-hybridized carbons (Fsp3) is 0. The number of carbonyl (C=O) groups is 2. The molecule has 0 saturated carbocycles. The summed E-state index contributed by atoms with van der Waals surface area (Å²) in [5, 5.41) is 4.45. The predicted octanol–water partition coefficient (Wildman–Crippen LogP) is 2.13. The van der Waals surface area contributed by atoms with Crippen molar-refractivity contribution in [3.8, 4) is 0 Å². The molecule has 4 aromatic rings. The third-order valence-corrected chi connectivity index (χ3v) is 10.2. The third kappa shape index (κ3) is 10.2. The molecule has 0 atom stereocenters. The molecule has 4 aromatic carbocycles. The standard InChI is InChI=1S/C28H24N4O14S4.Na/c29-17-5-9-21(25(11-17)49(41,42)43)27(33)31-19-7-3-15(23(13-19)47(35,36)37)1-2-16-4-8-20(14-24(16)48(38,39)40)32-28(34)22-10-6-18(30)12-26(22)50(44,45)46;/h1-14H,29-30H2,(H,31,33)(H,32,34)(H,35,36,37)(H,38,39,40)(H,41,42,43)(H,44,45,46);/b2-1+;. The van der Waals surface area contributed by atoms with Gasteiger partial charge >= 0.3 is 0 Å². The Labute approximate surface area is 312 Å². The molecular formula is C28H24N4NaO14S4. The topological polar surface area (TPSA) is 328 Å². The summed E-state index contributed by atoms with van der Waals surface area (Å²) >= 11 is 0. The van der Waals surface area contributed by atoms with Crippen molar-refractivity contribution in [2.75, 3.05) is 22.1 Å². The Morgan fingerprint density at radius 3 is 1.10 bits per heavy atom. The van der Waals surface area contributed by atoms with Crippen LogP contribution in [0, 0.1) is 0 Å². The monoisotopic (exact) mass is 791 g/mol. The molecule has 4 rings (SSSR count). The maximum absolute atomic E-state index is 12.8. The molecule has 23 heteroatoms. The number of hydrogen-bond acceptors (Lipinski definition) is 12. The number of carbonyl (C=O) groups excluding carboxylic acids is 2. The van der Waals surface area contributed by atoms with Crippen LogP contribution in [0.25, 0.3) is 12.2 Å². The van der Waals surface area contributed by atoms with Gasteiger partial charge < -0.3 is 22.1 Å². The van der Waals surface area contributed by atoms with E-state index in [1.807, 2.05) is 0 Å². The molecule has 0 aromatic heterocycles. The van der Waals surface area contributed by atoms with E-state index in [9.17, 15) is 61.5 Å². The van der Waals surface area contributed by atoms with Gasteiger partial charge in [0.15, 0.2) is 0 Å². The van der Waals surface area contributed by atoms with Crippen LogP contribution >= 0.6 is 0 Å². The number of benzene rings is 4. The Hall–Kier alpha value is -4.20. The number of amides is 2. The van der Waals surface area contributed by atoms with E-state index in [2.05, 4.69) is 10.6 Å². The Morgan fingerprint density at radius 2 is 0.804 bits per heavy atom. The van der Waals surface area contributed by atoms with Gasteiger partial charge in [0.2, 0.25) is 0 Å². The van der Waals surface area contributed by atoms with Crippen molar-refractivity contribution in [2.45, 2.75) is 19.6 Å². The van der Waals surface area contributed by atoms with Crippen LogP contribution in [0.4, 0.5) is 22.7 Å². The van der Waals surface area contributed by atoms with E-state index in [0.29, 0.717) is 0 Å². The van der Waals surface area contributed by atoms with Crippen LogP contribution in [0.15, 0.2) is 92.4 Å². The number of anilines is 4. The molecule has 2 amide bonds. The van der Waals surface area contributed by atoms with Crippen LogP contribution in [0.5, 0.6) is 0 Å². The molecule has 0 aliphatic rings. The molecule has 0 fully saturated rings. The van der Waals surface area contributed by atoms with Crippen LogP contribution in [-0.4, -0.2) is 93.3 Å². The first-order valence-electron chi connectivity index (χ1n) is 13.2. The number of rotatable bonds is 10. The Bertz CT molecular complexity index is 2380. The van der Waals surface area contributed by atoms with E-state index in [1.165, 1.54) is 12.1 Å². The second kappa shape index (κ2) is 15.2. The predicted molar refractivity (Wildman–Crippen MR) is 184 cm³/mol. The van der Waals surface area contributed by atoms with Gasteiger partial charge in [-0.3, -0.25) is 27.8 Å². The molecule has 0 saturated heterocycles.